The van der Waals surface area contributed by atoms with Gasteiger partial charge in [-0.2, -0.15) is 0 Å². The number of benzene rings is 3. The van der Waals surface area contributed by atoms with Crippen molar-refractivity contribution in [2.24, 2.45) is 0 Å². The fourth-order valence-electron chi connectivity index (χ4n) is 3.21. The lowest BCUT2D eigenvalue weighted by Gasteiger charge is -2.09. The highest BCUT2D eigenvalue weighted by Crippen LogP contribution is 2.37. The molecule has 2 heterocycles. The lowest BCUT2D eigenvalue weighted by Crippen LogP contribution is -2.13. The molecule has 6 nitrogen and oxygen atoms in total. The van der Waals surface area contributed by atoms with Gasteiger partial charge in [-0.3, -0.25) is 9.52 Å². The largest absolute Gasteiger partial charge is 0.321 e. The number of anilines is 2. The number of hydrogen-bond acceptors (Lipinski definition) is 5. The normalized spacial score (nSPS) is 13.3. The maximum Gasteiger partial charge on any atom is 0.264 e. The molecule has 4 aromatic rings. The SMILES string of the molecule is O=C1Nc2ccc(S(=O)(=O)Nc3nc4ccc(Cl)cc4s3)c3cccc1c23. The molecule has 1 amide bonds. The predicted molar refractivity (Wildman–Crippen MR) is 107 cm³/mol. The van der Waals surface area contributed by atoms with Crippen LogP contribution in [0.2, 0.25) is 5.02 Å². The van der Waals surface area contributed by atoms with Gasteiger partial charge in [0.05, 0.1) is 15.1 Å². The lowest BCUT2D eigenvalue weighted by atomic mass is 10.1. The average Bonchev–Trinajstić information content (AvgIpc) is 3.16. The molecular formula is C18H10ClN3O3S2. The van der Waals surface area contributed by atoms with Crippen LogP contribution in [0.4, 0.5) is 10.8 Å². The van der Waals surface area contributed by atoms with Crippen LogP contribution in [-0.2, 0) is 10.0 Å². The molecule has 9 heteroatoms. The first-order valence-electron chi connectivity index (χ1n) is 7.88. The molecule has 0 fully saturated rings. The summed E-state index contributed by atoms with van der Waals surface area (Å²) in [5, 5.41) is 4.66. The first-order chi connectivity index (χ1) is 12.9. The molecule has 1 aliphatic rings. The molecule has 0 unspecified atom stereocenters. The highest BCUT2D eigenvalue weighted by Gasteiger charge is 2.26. The fourth-order valence-corrected chi connectivity index (χ4v) is 5.79. The van der Waals surface area contributed by atoms with Gasteiger partial charge >= 0.3 is 0 Å². The molecule has 0 bridgehead atoms. The van der Waals surface area contributed by atoms with Crippen LogP contribution in [0.1, 0.15) is 10.4 Å². The Labute approximate surface area is 162 Å². The quantitative estimate of drug-likeness (QED) is 0.516. The van der Waals surface area contributed by atoms with Gasteiger partial charge in [-0.25, -0.2) is 13.4 Å². The summed E-state index contributed by atoms with van der Waals surface area (Å²) in [6, 6.07) is 13.3. The number of fused-ring (bicyclic) bond motifs is 1. The molecule has 0 spiro atoms. The number of carbonyl (C=O) groups is 1. The van der Waals surface area contributed by atoms with Crippen molar-refractivity contribution in [2.45, 2.75) is 4.90 Å². The second-order valence-electron chi connectivity index (χ2n) is 6.03. The summed E-state index contributed by atoms with van der Waals surface area (Å²) < 4.78 is 29.3. The second kappa shape index (κ2) is 5.66. The van der Waals surface area contributed by atoms with Crippen molar-refractivity contribution in [3.05, 3.63) is 59.1 Å². The van der Waals surface area contributed by atoms with Crippen molar-refractivity contribution in [1.29, 1.82) is 0 Å². The van der Waals surface area contributed by atoms with E-state index in [9.17, 15) is 13.2 Å². The number of hydrogen-bond donors (Lipinski definition) is 2. The molecule has 0 aliphatic carbocycles. The van der Waals surface area contributed by atoms with E-state index in [-0.39, 0.29) is 15.9 Å². The molecule has 1 aliphatic heterocycles. The summed E-state index contributed by atoms with van der Waals surface area (Å²) >= 11 is 7.18. The first kappa shape index (κ1) is 16.5. The van der Waals surface area contributed by atoms with Crippen LogP contribution < -0.4 is 10.0 Å². The summed E-state index contributed by atoms with van der Waals surface area (Å²) in [5.74, 6) is -0.235. The Morgan fingerprint density at radius 3 is 2.81 bits per heavy atom. The number of nitrogens with zero attached hydrogens (tertiary/aromatic N) is 1. The van der Waals surface area contributed by atoms with E-state index >= 15 is 0 Å². The average molecular weight is 416 g/mol. The van der Waals surface area contributed by atoms with E-state index in [2.05, 4.69) is 15.0 Å². The lowest BCUT2D eigenvalue weighted by molar-refractivity contribution is 0.103. The maximum absolute atomic E-state index is 13.0. The number of halogens is 1. The number of carbonyl (C=O) groups excluding carboxylic acids is 1. The van der Waals surface area contributed by atoms with Crippen LogP contribution in [0.5, 0.6) is 0 Å². The highest BCUT2D eigenvalue weighted by molar-refractivity contribution is 7.93. The summed E-state index contributed by atoms with van der Waals surface area (Å²) in [7, 11) is -3.90. The van der Waals surface area contributed by atoms with Crippen LogP contribution in [0.25, 0.3) is 21.0 Å². The summed E-state index contributed by atoms with van der Waals surface area (Å²) in [6.45, 7) is 0. The molecule has 3 aromatic carbocycles. The fraction of sp³-hybridized carbons (Fsp3) is 0. The minimum absolute atomic E-state index is 0.0943. The van der Waals surface area contributed by atoms with E-state index < -0.39 is 10.0 Å². The Bertz CT molecular complexity index is 1380. The smallest absolute Gasteiger partial charge is 0.264 e. The van der Waals surface area contributed by atoms with E-state index in [0.717, 1.165) is 4.70 Å². The molecule has 5 rings (SSSR count). The standard InChI is InChI=1S/C18H10ClN3O3S2/c19-9-4-5-12-14(8-9)26-18(21-12)22-27(24,25)15-7-6-13-16-10(15)2-1-3-11(16)17(23)20-13/h1-8H,(H,20,23)(H,21,22). The number of sulfonamides is 1. The van der Waals surface area contributed by atoms with Gasteiger partial charge in [0, 0.05) is 27.0 Å². The number of nitrogens with one attached hydrogen (secondary N) is 2. The molecule has 27 heavy (non-hydrogen) atoms. The molecule has 134 valence electrons. The van der Waals surface area contributed by atoms with E-state index in [1.165, 1.54) is 17.4 Å². The number of thiazole rings is 1. The molecule has 2 N–H and O–H groups in total. The Balaban J connectivity index is 1.63. The van der Waals surface area contributed by atoms with Crippen molar-refractivity contribution in [1.82, 2.24) is 4.98 Å². The third kappa shape index (κ3) is 2.56. The number of amides is 1. The minimum Gasteiger partial charge on any atom is -0.321 e. The second-order valence-corrected chi connectivity index (χ2v) is 9.15. The van der Waals surface area contributed by atoms with Crippen molar-refractivity contribution < 1.29 is 13.2 Å². The van der Waals surface area contributed by atoms with E-state index in [4.69, 9.17) is 11.6 Å². The van der Waals surface area contributed by atoms with E-state index in [1.54, 1.807) is 42.5 Å². The van der Waals surface area contributed by atoms with E-state index in [1.807, 2.05) is 0 Å². The van der Waals surface area contributed by atoms with Gasteiger partial charge in [-0.15, -0.1) is 0 Å². The Morgan fingerprint density at radius 2 is 1.96 bits per heavy atom. The van der Waals surface area contributed by atoms with Gasteiger partial charge in [0.1, 0.15) is 0 Å². The van der Waals surface area contributed by atoms with Crippen LogP contribution in [0.3, 0.4) is 0 Å². The number of rotatable bonds is 3. The topological polar surface area (TPSA) is 88.2 Å². The van der Waals surface area contributed by atoms with Gasteiger partial charge in [0.15, 0.2) is 5.13 Å². The molecule has 0 saturated heterocycles. The van der Waals surface area contributed by atoms with Crippen molar-refractivity contribution in [3.8, 4) is 0 Å². The van der Waals surface area contributed by atoms with Gasteiger partial charge in [0.2, 0.25) is 0 Å². The molecule has 1 aromatic heterocycles. The first-order valence-corrected chi connectivity index (χ1v) is 10.6. The van der Waals surface area contributed by atoms with Gasteiger partial charge in [-0.1, -0.05) is 35.1 Å². The summed E-state index contributed by atoms with van der Waals surface area (Å²) in [5.41, 5.74) is 1.74. The van der Waals surface area contributed by atoms with Crippen LogP contribution in [-0.4, -0.2) is 19.3 Å². The van der Waals surface area contributed by atoms with Crippen molar-refractivity contribution >= 4 is 70.7 Å². The monoisotopic (exact) mass is 415 g/mol. The Kier molecular flexibility index (Phi) is 3.45. The Morgan fingerprint density at radius 1 is 1.11 bits per heavy atom. The zero-order valence-electron chi connectivity index (χ0n) is 13.5. The van der Waals surface area contributed by atoms with Crippen LogP contribution >= 0.6 is 22.9 Å². The Hall–Kier alpha value is -2.68. The molecule has 0 saturated carbocycles. The minimum atomic E-state index is -3.90. The third-order valence-electron chi connectivity index (χ3n) is 4.36. The predicted octanol–water partition coefficient (Wildman–Crippen LogP) is 4.47. The zero-order chi connectivity index (χ0) is 18.8. The third-order valence-corrected chi connectivity index (χ3v) is 7.05. The van der Waals surface area contributed by atoms with Crippen molar-refractivity contribution in [3.63, 3.8) is 0 Å². The zero-order valence-corrected chi connectivity index (χ0v) is 15.9. The molecular weight excluding hydrogens is 406 g/mol. The molecule has 0 radical (unpaired) electrons. The van der Waals surface area contributed by atoms with Gasteiger partial charge < -0.3 is 5.32 Å². The number of aromatic nitrogens is 1. The van der Waals surface area contributed by atoms with Crippen molar-refractivity contribution in [2.75, 3.05) is 10.0 Å². The summed E-state index contributed by atoms with van der Waals surface area (Å²) in [4.78, 5) is 16.4. The van der Waals surface area contributed by atoms with Crippen LogP contribution in [0, 0.1) is 0 Å². The van der Waals surface area contributed by atoms with Gasteiger partial charge in [-0.05, 0) is 36.4 Å². The highest BCUT2D eigenvalue weighted by atomic mass is 35.5. The van der Waals surface area contributed by atoms with E-state index in [0.29, 0.717) is 32.6 Å². The summed E-state index contributed by atoms with van der Waals surface area (Å²) in [6.07, 6.45) is 0. The maximum atomic E-state index is 13.0. The van der Waals surface area contributed by atoms with Crippen LogP contribution in [0.15, 0.2) is 53.4 Å². The van der Waals surface area contributed by atoms with Gasteiger partial charge in [0.25, 0.3) is 15.9 Å². The molecule has 0 atom stereocenters.